The second kappa shape index (κ2) is 8.66. The van der Waals surface area contributed by atoms with Gasteiger partial charge in [0.2, 0.25) is 0 Å². The van der Waals surface area contributed by atoms with Crippen LogP contribution in [0.3, 0.4) is 0 Å². The number of nitrogens with one attached hydrogen (secondary N) is 1. The number of aryl methyl sites for hydroxylation is 2. The number of hydrogen-bond donors (Lipinski definition) is 1. The lowest BCUT2D eigenvalue weighted by atomic mass is 9.97. The van der Waals surface area contributed by atoms with Crippen molar-refractivity contribution in [3.63, 3.8) is 0 Å². The van der Waals surface area contributed by atoms with Crippen LogP contribution in [0.1, 0.15) is 53.4 Å². The second-order valence-corrected chi connectivity index (χ2v) is 7.90. The summed E-state index contributed by atoms with van der Waals surface area (Å²) in [5.41, 5.74) is 5.04. The van der Waals surface area contributed by atoms with Gasteiger partial charge in [-0.05, 0) is 68.9 Å². The molecule has 1 aliphatic rings. The molecular weight excluding hydrogens is 376 g/mol. The highest BCUT2D eigenvalue weighted by Gasteiger charge is 2.26. The first-order valence-corrected chi connectivity index (χ1v) is 10.5. The Morgan fingerprint density at radius 2 is 1.83 bits per heavy atom. The molecule has 5 heteroatoms. The van der Waals surface area contributed by atoms with Crippen molar-refractivity contribution in [1.29, 1.82) is 0 Å². The molecule has 0 aliphatic heterocycles. The number of carbonyl (C=O) groups excluding carboxylic acids is 2. The quantitative estimate of drug-likeness (QED) is 0.493. The summed E-state index contributed by atoms with van der Waals surface area (Å²) < 4.78 is 5.64. The number of fused-ring (bicyclic) bond motifs is 2. The Bertz CT molecular complexity index is 1110. The van der Waals surface area contributed by atoms with E-state index in [4.69, 9.17) is 9.72 Å². The summed E-state index contributed by atoms with van der Waals surface area (Å²) in [6.07, 6.45) is 3.98. The minimum absolute atomic E-state index is 0.349. The Labute approximate surface area is 176 Å². The molecule has 1 N–H and O–H groups in total. The Morgan fingerprint density at radius 1 is 1.03 bits per heavy atom. The molecule has 1 amide bonds. The van der Waals surface area contributed by atoms with E-state index in [1.165, 1.54) is 0 Å². The molecule has 0 spiro atoms. The maximum atomic E-state index is 13.2. The van der Waals surface area contributed by atoms with Crippen LogP contribution in [0.25, 0.3) is 10.9 Å². The minimum Gasteiger partial charge on any atom is -0.449 e. The topological polar surface area (TPSA) is 68.3 Å². The van der Waals surface area contributed by atoms with E-state index >= 15 is 0 Å². The van der Waals surface area contributed by atoms with Crippen LogP contribution in [0.2, 0.25) is 0 Å². The van der Waals surface area contributed by atoms with Crippen molar-refractivity contribution in [1.82, 2.24) is 4.98 Å². The fraction of sp³-hybridized carbons (Fsp3) is 0.320. The van der Waals surface area contributed by atoms with Gasteiger partial charge in [-0.3, -0.25) is 9.78 Å². The van der Waals surface area contributed by atoms with Crippen molar-refractivity contribution in [2.75, 3.05) is 5.32 Å². The number of esters is 1. The van der Waals surface area contributed by atoms with Crippen molar-refractivity contribution in [2.24, 2.45) is 0 Å². The van der Waals surface area contributed by atoms with Gasteiger partial charge in [-0.2, -0.15) is 0 Å². The number of ether oxygens (including phenoxy) is 1. The van der Waals surface area contributed by atoms with Crippen LogP contribution >= 0.6 is 0 Å². The summed E-state index contributed by atoms with van der Waals surface area (Å²) in [7, 11) is 0. The number of hydrogen-bond acceptors (Lipinski definition) is 4. The van der Waals surface area contributed by atoms with E-state index in [2.05, 4.69) is 5.32 Å². The van der Waals surface area contributed by atoms with Gasteiger partial charge in [-0.25, -0.2) is 4.79 Å². The van der Waals surface area contributed by atoms with Crippen LogP contribution in [-0.2, 0) is 22.4 Å². The summed E-state index contributed by atoms with van der Waals surface area (Å²) >= 11 is 0. The van der Waals surface area contributed by atoms with Crippen LogP contribution < -0.4 is 5.32 Å². The van der Waals surface area contributed by atoms with E-state index in [0.29, 0.717) is 11.3 Å². The third-order valence-corrected chi connectivity index (χ3v) is 5.56. The smallest absolute Gasteiger partial charge is 0.339 e. The Hall–Kier alpha value is -3.21. The van der Waals surface area contributed by atoms with Gasteiger partial charge in [-0.15, -0.1) is 0 Å². The molecule has 154 valence electrons. The monoisotopic (exact) mass is 402 g/mol. The van der Waals surface area contributed by atoms with Crippen molar-refractivity contribution in [2.45, 2.75) is 52.1 Å². The van der Waals surface area contributed by atoms with E-state index < -0.39 is 12.1 Å². The van der Waals surface area contributed by atoms with Gasteiger partial charge in [0.05, 0.1) is 11.1 Å². The second-order valence-electron chi connectivity index (χ2n) is 7.90. The van der Waals surface area contributed by atoms with Crippen LogP contribution in [0, 0.1) is 6.92 Å². The lowest BCUT2D eigenvalue weighted by molar-refractivity contribution is -0.123. The SMILES string of the molecule is Cc1cccc(NC(=O)[C@H](C)OC(=O)c2c3c(nc4ccccc24)CCCCC3)c1. The minimum atomic E-state index is -0.911. The van der Waals surface area contributed by atoms with Crippen LogP contribution in [0.15, 0.2) is 48.5 Å². The average molecular weight is 402 g/mol. The largest absolute Gasteiger partial charge is 0.449 e. The standard InChI is InChI=1S/C25H26N2O3/c1-16-9-8-10-18(15-16)26-24(28)17(2)30-25(29)23-19-11-4-3-5-13-21(19)27-22-14-7-6-12-20(22)23/h6-10,12,14-15,17H,3-5,11,13H2,1-2H3,(H,26,28)/t17-/m0/s1. The first-order valence-electron chi connectivity index (χ1n) is 10.5. The van der Waals surface area contributed by atoms with Crippen LogP contribution in [0.4, 0.5) is 5.69 Å². The molecule has 1 atom stereocenters. The van der Waals surface area contributed by atoms with Crippen molar-refractivity contribution < 1.29 is 14.3 Å². The normalized spacial score (nSPS) is 14.5. The molecule has 1 heterocycles. The van der Waals surface area contributed by atoms with Gasteiger partial charge in [0, 0.05) is 16.8 Å². The molecule has 30 heavy (non-hydrogen) atoms. The van der Waals surface area contributed by atoms with Crippen LogP contribution in [0.5, 0.6) is 0 Å². The maximum absolute atomic E-state index is 13.2. The van der Waals surface area contributed by atoms with Gasteiger partial charge in [-0.1, -0.05) is 36.8 Å². The Kier molecular flexibility index (Phi) is 5.79. The number of aromatic nitrogens is 1. The van der Waals surface area contributed by atoms with Crippen LogP contribution in [-0.4, -0.2) is 23.0 Å². The molecule has 1 aromatic heterocycles. The van der Waals surface area contributed by atoms with Gasteiger partial charge >= 0.3 is 5.97 Å². The Morgan fingerprint density at radius 3 is 2.67 bits per heavy atom. The molecule has 3 aromatic rings. The molecular formula is C25H26N2O3. The molecule has 0 unspecified atom stereocenters. The fourth-order valence-electron chi connectivity index (χ4n) is 4.02. The number of carbonyl (C=O) groups is 2. The molecule has 0 saturated carbocycles. The van der Waals surface area contributed by atoms with E-state index in [-0.39, 0.29) is 5.91 Å². The fourth-order valence-corrected chi connectivity index (χ4v) is 4.02. The molecule has 0 bridgehead atoms. The molecule has 0 fully saturated rings. The van der Waals surface area contributed by atoms with E-state index in [9.17, 15) is 9.59 Å². The highest BCUT2D eigenvalue weighted by atomic mass is 16.5. The number of para-hydroxylation sites is 1. The van der Waals surface area contributed by atoms with Crippen molar-refractivity contribution >= 4 is 28.5 Å². The van der Waals surface area contributed by atoms with Gasteiger partial charge < -0.3 is 10.1 Å². The number of amides is 1. The zero-order chi connectivity index (χ0) is 21.1. The summed E-state index contributed by atoms with van der Waals surface area (Å²) in [6, 6.07) is 15.2. The molecule has 5 nitrogen and oxygen atoms in total. The lowest BCUT2D eigenvalue weighted by Crippen LogP contribution is -2.30. The predicted molar refractivity (Wildman–Crippen MR) is 118 cm³/mol. The summed E-state index contributed by atoms with van der Waals surface area (Å²) in [4.78, 5) is 30.6. The third-order valence-electron chi connectivity index (χ3n) is 5.56. The first-order chi connectivity index (χ1) is 14.5. The van der Waals surface area contributed by atoms with E-state index in [0.717, 1.165) is 59.8 Å². The number of nitrogens with zero attached hydrogens (tertiary/aromatic N) is 1. The molecule has 0 radical (unpaired) electrons. The lowest BCUT2D eigenvalue weighted by Gasteiger charge is -2.18. The predicted octanol–water partition coefficient (Wildman–Crippen LogP) is 5.00. The van der Waals surface area contributed by atoms with Crippen molar-refractivity contribution in [3.05, 3.63) is 70.9 Å². The maximum Gasteiger partial charge on any atom is 0.339 e. The highest BCUT2D eigenvalue weighted by molar-refractivity contribution is 6.06. The summed E-state index contributed by atoms with van der Waals surface area (Å²) in [5, 5.41) is 3.61. The first kappa shape index (κ1) is 20.1. The number of benzene rings is 2. The molecule has 4 rings (SSSR count). The van der Waals surface area contributed by atoms with E-state index in [1.807, 2.05) is 55.5 Å². The molecule has 2 aromatic carbocycles. The zero-order valence-corrected chi connectivity index (χ0v) is 17.4. The van der Waals surface area contributed by atoms with Crippen molar-refractivity contribution in [3.8, 4) is 0 Å². The molecule has 0 saturated heterocycles. The van der Waals surface area contributed by atoms with E-state index in [1.54, 1.807) is 6.92 Å². The highest BCUT2D eigenvalue weighted by Crippen LogP contribution is 2.29. The number of pyridine rings is 1. The molecule has 1 aliphatic carbocycles. The summed E-state index contributed by atoms with van der Waals surface area (Å²) in [5.74, 6) is -0.808. The van der Waals surface area contributed by atoms with Gasteiger partial charge in [0.15, 0.2) is 6.10 Å². The zero-order valence-electron chi connectivity index (χ0n) is 17.4. The Balaban J connectivity index is 1.61. The average Bonchev–Trinajstić information content (AvgIpc) is 2.97. The number of rotatable bonds is 4. The number of anilines is 1. The van der Waals surface area contributed by atoms with Gasteiger partial charge in [0.1, 0.15) is 0 Å². The van der Waals surface area contributed by atoms with Gasteiger partial charge in [0.25, 0.3) is 5.91 Å². The third kappa shape index (κ3) is 4.20. The summed E-state index contributed by atoms with van der Waals surface area (Å²) in [6.45, 7) is 3.56.